The van der Waals surface area contributed by atoms with Gasteiger partial charge in [-0.1, -0.05) is 23.9 Å². The molecule has 0 saturated carbocycles. The largest absolute Gasteiger partial charge is 0.416 e. The van der Waals surface area contributed by atoms with Gasteiger partial charge in [-0.05, 0) is 43.3 Å². The van der Waals surface area contributed by atoms with E-state index in [0.29, 0.717) is 25.4 Å². The van der Waals surface area contributed by atoms with Gasteiger partial charge < -0.3 is 19.3 Å². The molecule has 1 fully saturated rings. The summed E-state index contributed by atoms with van der Waals surface area (Å²) in [5.41, 5.74) is 1.04. The number of halogens is 3. The lowest BCUT2D eigenvalue weighted by Crippen LogP contribution is -2.47. The maximum absolute atomic E-state index is 13.4. The van der Waals surface area contributed by atoms with Crippen LogP contribution >= 0.6 is 11.8 Å². The number of methoxy groups -OCH3 is 1. The van der Waals surface area contributed by atoms with Crippen LogP contribution in [0.5, 0.6) is 0 Å². The molecule has 0 aromatic heterocycles. The number of piperazine rings is 1. The number of nitrogens with zero attached hydrogens (tertiary/aromatic N) is 3. The minimum atomic E-state index is -4.35. The maximum atomic E-state index is 13.4. The number of alkyl halides is 3. The first-order valence-corrected chi connectivity index (χ1v) is 12.5. The molecule has 2 aromatic carbocycles. The first kappa shape index (κ1) is 25.3. The Morgan fingerprint density at radius 1 is 0.824 bits per heavy atom. The van der Waals surface area contributed by atoms with Gasteiger partial charge in [0.2, 0.25) is 0 Å². The van der Waals surface area contributed by atoms with E-state index in [0.717, 1.165) is 67.8 Å². The van der Waals surface area contributed by atoms with Crippen molar-refractivity contribution in [2.75, 3.05) is 77.6 Å². The van der Waals surface area contributed by atoms with Crippen LogP contribution in [-0.4, -0.2) is 82.5 Å². The summed E-state index contributed by atoms with van der Waals surface area (Å²) in [6, 6.07) is 12.0. The van der Waals surface area contributed by atoms with E-state index in [4.69, 9.17) is 9.47 Å². The molecule has 2 aromatic rings. The molecule has 9 heteroatoms. The molecule has 0 unspecified atom stereocenters. The molecule has 0 radical (unpaired) electrons. The molecule has 0 amide bonds. The van der Waals surface area contributed by atoms with Crippen molar-refractivity contribution in [3.8, 4) is 0 Å². The summed E-state index contributed by atoms with van der Waals surface area (Å²) in [7, 11) is 1.67. The van der Waals surface area contributed by atoms with Gasteiger partial charge in [0, 0.05) is 56.2 Å². The van der Waals surface area contributed by atoms with Crippen molar-refractivity contribution in [1.82, 2.24) is 9.80 Å². The van der Waals surface area contributed by atoms with Gasteiger partial charge in [-0.15, -0.1) is 0 Å². The van der Waals surface area contributed by atoms with E-state index < -0.39 is 11.7 Å². The van der Waals surface area contributed by atoms with Crippen molar-refractivity contribution in [2.24, 2.45) is 0 Å². The Bertz CT molecular complexity index is 936. The number of para-hydroxylation sites is 1. The molecule has 186 valence electrons. The van der Waals surface area contributed by atoms with Crippen molar-refractivity contribution in [1.29, 1.82) is 0 Å². The number of fused-ring (bicyclic) bond motifs is 2. The van der Waals surface area contributed by atoms with E-state index in [2.05, 4.69) is 14.7 Å². The second kappa shape index (κ2) is 11.8. The first-order valence-electron chi connectivity index (χ1n) is 11.7. The van der Waals surface area contributed by atoms with Gasteiger partial charge in [-0.2, -0.15) is 13.2 Å². The summed E-state index contributed by atoms with van der Waals surface area (Å²) in [5, 5.41) is 0. The number of ether oxygens (including phenoxy) is 2. The average molecular weight is 496 g/mol. The molecule has 0 atom stereocenters. The fraction of sp³-hybridized carbons (Fsp3) is 0.520. The van der Waals surface area contributed by atoms with Gasteiger partial charge in [0.15, 0.2) is 0 Å². The predicted molar refractivity (Wildman–Crippen MR) is 129 cm³/mol. The molecule has 0 aliphatic carbocycles. The normalized spacial score (nSPS) is 17.0. The van der Waals surface area contributed by atoms with Gasteiger partial charge in [-0.25, -0.2) is 0 Å². The third-order valence-corrected chi connectivity index (χ3v) is 7.39. The third kappa shape index (κ3) is 6.46. The molecular formula is C25H32F3N3O2S. The van der Waals surface area contributed by atoms with Crippen LogP contribution in [0, 0.1) is 0 Å². The van der Waals surface area contributed by atoms with Crippen molar-refractivity contribution < 1.29 is 22.6 Å². The van der Waals surface area contributed by atoms with Crippen molar-refractivity contribution in [3.63, 3.8) is 0 Å². The second-order valence-electron chi connectivity index (χ2n) is 8.54. The van der Waals surface area contributed by atoms with E-state index in [1.54, 1.807) is 13.2 Å². The first-order chi connectivity index (χ1) is 16.5. The standard InChI is InChI=1S/C25H32F3N3O2S/c1-32-17-18-33-16-15-30-13-11-29(12-14-30)9-4-10-31-21-5-2-3-6-23(21)34-24-8-7-20(19-22(24)31)25(26,27)28/h2-3,5-8,19H,4,9-18H2,1H3. The van der Waals surface area contributed by atoms with Crippen molar-refractivity contribution >= 4 is 23.1 Å². The van der Waals surface area contributed by atoms with Crippen molar-refractivity contribution in [3.05, 3.63) is 48.0 Å². The Balaban J connectivity index is 1.32. The van der Waals surface area contributed by atoms with Gasteiger partial charge >= 0.3 is 6.18 Å². The Hall–Kier alpha value is -1.78. The zero-order valence-corrected chi connectivity index (χ0v) is 20.3. The molecule has 2 aliphatic rings. The van der Waals surface area contributed by atoms with E-state index in [9.17, 15) is 13.2 Å². The van der Waals surface area contributed by atoms with Gasteiger partial charge in [0.1, 0.15) is 0 Å². The number of anilines is 2. The zero-order valence-electron chi connectivity index (χ0n) is 19.5. The quantitative estimate of drug-likeness (QED) is 0.432. The molecular weight excluding hydrogens is 463 g/mol. The van der Waals surface area contributed by atoms with Crippen LogP contribution in [0.2, 0.25) is 0 Å². The smallest absolute Gasteiger partial charge is 0.382 e. The van der Waals surface area contributed by atoms with Crippen LogP contribution in [0.4, 0.5) is 24.5 Å². The van der Waals surface area contributed by atoms with Crippen LogP contribution in [0.1, 0.15) is 12.0 Å². The molecule has 34 heavy (non-hydrogen) atoms. The molecule has 0 spiro atoms. The monoisotopic (exact) mass is 495 g/mol. The second-order valence-corrected chi connectivity index (χ2v) is 9.63. The lowest BCUT2D eigenvalue weighted by atomic mass is 10.1. The van der Waals surface area contributed by atoms with Crippen LogP contribution < -0.4 is 4.90 Å². The highest BCUT2D eigenvalue weighted by atomic mass is 32.2. The summed E-state index contributed by atoms with van der Waals surface area (Å²) < 4.78 is 50.7. The van der Waals surface area contributed by atoms with Crippen LogP contribution in [0.25, 0.3) is 0 Å². The Labute approximate surface area is 203 Å². The fourth-order valence-corrected chi connectivity index (χ4v) is 5.45. The fourth-order valence-electron chi connectivity index (χ4n) is 4.37. The van der Waals surface area contributed by atoms with Crippen LogP contribution in [0.15, 0.2) is 52.3 Å². The third-order valence-electron chi connectivity index (χ3n) is 6.26. The minimum Gasteiger partial charge on any atom is -0.382 e. The van der Waals surface area contributed by atoms with Gasteiger partial charge in [-0.3, -0.25) is 4.90 Å². The average Bonchev–Trinajstić information content (AvgIpc) is 2.83. The van der Waals surface area contributed by atoms with Gasteiger partial charge in [0.25, 0.3) is 0 Å². The molecule has 1 saturated heterocycles. The summed E-state index contributed by atoms with van der Waals surface area (Å²) in [6.45, 7) is 8.52. The molecule has 5 nitrogen and oxygen atoms in total. The summed E-state index contributed by atoms with van der Waals surface area (Å²) in [4.78, 5) is 8.87. The van der Waals surface area contributed by atoms with Gasteiger partial charge in [0.05, 0.1) is 36.8 Å². The molecule has 2 heterocycles. The minimum absolute atomic E-state index is 0.599. The van der Waals surface area contributed by atoms with Crippen LogP contribution in [-0.2, 0) is 15.7 Å². The van der Waals surface area contributed by atoms with E-state index >= 15 is 0 Å². The summed E-state index contributed by atoms with van der Waals surface area (Å²) in [5.74, 6) is 0. The zero-order chi connectivity index (χ0) is 24.0. The molecule has 0 bridgehead atoms. The number of rotatable bonds is 10. The van der Waals surface area contributed by atoms with Crippen molar-refractivity contribution in [2.45, 2.75) is 22.4 Å². The van der Waals surface area contributed by atoms with E-state index in [-0.39, 0.29) is 0 Å². The predicted octanol–water partition coefficient (Wildman–Crippen LogP) is 4.98. The Morgan fingerprint density at radius 2 is 1.53 bits per heavy atom. The highest BCUT2D eigenvalue weighted by Crippen LogP contribution is 2.49. The highest BCUT2D eigenvalue weighted by molar-refractivity contribution is 7.99. The van der Waals surface area contributed by atoms with Crippen LogP contribution in [0.3, 0.4) is 0 Å². The molecule has 4 rings (SSSR count). The summed E-state index contributed by atoms with van der Waals surface area (Å²) >= 11 is 1.54. The Kier molecular flexibility index (Phi) is 8.76. The topological polar surface area (TPSA) is 28.2 Å². The Morgan fingerprint density at radius 3 is 2.26 bits per heavy atom. The lowest BCUT2D eigenvalue weighted by molar-refractivity contribution is -0.137. The number of hydrogen-bond donors (Lipinski definition) is 0. The number of benzene rings is 2. The molecule has 0 N–H and O–H groups in total. The maximum Gasteiger partial charge on any atom is 0.416 e. The van der Waals surface area contributed by atoms with E-state index in [1.807, 2.05) is 24.3 Å². The number of hydrogen-bond acceptors (Lipinski definition) is 6. The summed E-state index contributed by atoms with van der Waals surface area (Å²) in [6.07, 6.45) is -3.47. The molecule has 2 aliphatic heterocycles. The lowest BCUT2D eigenvalue weighted by Gasteiger charge is -2.36. The SMILES string of the molecule is COCCOCCN1CCN(CCCN2c3ccccc3Sc3ccc(C(F)(F)F)cc32)CC1. The highest BCUT2D eigenvalue weighted by Gasteiger charge is 2.33. The van der Waals surface area contributed by atoms with E-state index in [1.165, 1.54) is 23.9 Å².